The van der Waals surface area contributed by atoms with E-state index in [9.17, 15) is 4.79 Å². The van der Waals surface area contributed by atoms with Crippen molar-refractivity contribution in [2.75, 3.05) is 27.2 Å². The fraction of sp³-hybridized carbons (Fsp3) is 0.533. The van der Waals surface area contributed by atoms with E-state index in [1.807, 2.05) is 32.3 Å². The fourth-order valence-corrected chi connectivity index (χ4v) is 2.42. The summed E-state index contributed by atoms with van der Waals surface area (Å²) in [7, 11) is 4.06. The second-order valence-corrected chi connectivity index (χ2v) is 5.45. The van der Waals surface area contributed by atoms with Crippen LogP contribution in [0.3, 0.4) is 0 Å². The summed E-state index contributed by atoms with van der Waals surface area (Å²) in [5.74, 6) is 0.0364. The smallest absolute Gasteiger partial charge is 0.251 e. The molecule has 0 spiro atoms. The second-order valence-electron chi connectivity index (χ2n) is 5.45. The van der Waals surface area contributed by atoms with Gasteiger partial charge in [0, 0.05) is 24.7 Å². The summed E-state index contributed by atoms with van der Waals surface area (Å²) in [6.45, 7) is 2.79. The summed E-state index contributed by atoms with van der Waals surface area (Å²) < 4.78 is 0. The maximum atomic E-state index is 12.2. The number of hydrogen-bond acceptors (Lipinski definition) is 3. The number of amides is 1. The number of nitrogens with one attached hydrogen (secondary N) is 2. The Morgan fingerprint density at radius 2 is 2.32 bits per heavy atom. The first-order valence-electron chi connectivity index (χ1n) is 6.90. The molecule has 0 unspecified atom stereocenters. The van der Waals surface area contributed by atoms with Crippen molar-refractivity contribution in [2.24, 2.45) is 0 Å². The van der Waals surface area contributed by atoms with Gasteiger partial charge in [-0.2, -0.15) is 0 Å². The fourth-order valence-electron chi connectivity index (χ4n) is 2.42. The predicted molar refractivity (Wildman–Crippen MR) is 77.2 cm³/mol. The molecule has 1 heterocycles. The van der Waals surface area contributed by atoms with Crippen LogP contribution >= 0.6 is 0 Å². The van der Waals surface area contributed by atoms with Crippen LogP contribution in [0.25, 0.3) is 0 Å². The SMILES string of the molecule is CN(C)Cc1cccc(C(=O)N[C@H]2CCCNC2)c1. The summed E-state index contributed by atoms with van der Waals surface area (Å²) in [6.07, 6.45) is 2.20. The van der Waals surface area contributed by atoms with Gasteiger partial charge in [0.1, 0.15) is 0 Å². The lowest BCUT2D eigenvalue weighted by atomic mass is 10.1. The van der Waals surface area contributed by atoms with E-state index in [4.69, 9.17) is 0 Å². The number of carbonyl (C=O) groups excluding carboxylic acids is 1. The molecule has 1 aliphatic rings. The molecule has 0 aliphatic carbocycles. The number of carbonyl (C=O) groups is 1. The monoisotopic (exact) mass is 261 g/mol. The van der Waals surface area contributed by atoms with Crippen molar-refractivity contribution in [1.82, 2.24) is 15.5 Å². The molecule has 1 amide bonds. The Labute approximate surface area is 115 Å². The van der Waals surface area contributed by atoms with E-state index in [0.717, 1.165) is 38.0 Å². The Bertz CT molecular complexity index is 425. The Balaban J connectivity index is 1.97. The molecule has 4 heteroatoms. The molecule has 2 N–H and O–H groups in total. The molecule has 1 atom stereocenters. The van der Waals surface area contributed by atoms with Gasteiger partial charge in [0.2, 0.25) is 0 Å². The van der Waals surface area contributed by atoms with E-state index < -0.39 is 0 Å². The van der Waals surface area contributed by atoms with Gasteiger partial charge in [-0.1, -0.05) is 12.1 Å². The lowest BCUT2D eigenvalue weighted by molar-refractivity contribution is 0.0930. The highest BCUT2D eigenvalue weighted by atomic mass is 16.1. The minimum absolute atomic E-state index is 0.0364. The zero-order valence-corrected chi connectivity index (χ0v) is 11.8. The lowest BCUT2D eigenvalue weighted by Gasteiger charge is -2.23. The van der Waals surface area contributed by atoms with E-state index in [2.05, 4.69) is 21.6 Å². The normalized spacial score (nSPS) is 19.4. The number of hydrogen-bond donors (Lipinski definition) is 2. The highest BCUT2D eigenvalue weighted by Gasteiger charge is 2.16. The predicted octanol–water partition coefficient (Wildman–Crippen LogP) is 1.23. The van der Waals surface area contributed by atoms with E-state index in [1.165, 1.54) is 5.56 Å². The molecule has 1 saturated heterocycles. The molecule has 4 nitrogen and oxygen atoms in total. The van der Waals surface area contributed by atoms with E-state index >= 15 is 0 Å². The molecule has 19 heavy (non-hydrogen) atoms. The third-order valence-electron chi connectivity index (χ3n) is 3.32. The van der Waals surface area contributed by atoms with Gasteiger partial charge in [-0.3, -0.25) is 4.79 Å². The Hall–Kier alpha value is -1.39. The molecule has 0 bridgehead atoms. The van der Waals surface area contributed by atoms with Gasteiger partial charge in [0.15, 0.2) is 0 Å². The molecular formula is C15H23N3O. The Morgan fingerprint density at radius 1 is 1.47 bits per heavy atom. The van der Waals surface area contributed by atoms with Crippen LogP contribution in [-0.2, 0) is 6.54 Å². The van der Waals surface area contributed by atoms with Crippen molar-refractivity contribution in [3.63, 3.8) is 0 Å². The number of benzene rings is 1. The molecule has 0 radical (unpaired) electrons. The summed E-state index contributed by atoms with van der Waals surface area (Å²) in [4.78, 5) is 14.3. The van der Waals surface area contributed by atoms with Gasteiger partial charge in [0.25, 0.3) is 5.91 Å². The standard InChI is InChI=1S/C15H23N3O/c1-18(2)11-12-5-3-6-13(9-12)15(19)17-14-7-4-8-16-10-14/h3,5-6,9,14,16H,4,7-8,10-11H2,1-2H3,(H,17,19)/t14-/m0/s1. The largest absolute Gasteiger partial charge is 0.348 e. The van der Waals surface area contributed by atoms with E-state index in [-0.39, 0.29) is 11.9 Å². The van der Waals surface area contributed by atoms with Crippen LogP contribution in [-0.4, -0.2) is 44.0 Å². The molecule has 0 aromatic heterocycles. The maximum Gasteiger partial charge on any atom is 0.251 e. The van der Waals surface area contributed by atoms with Crippen LogP contribution in [0.2, 0.25) is 0 Å². The first kappa shape index (κ1) is 14.0. The van der Waals surface area contributed by atoms with E-state index in [1.54, 1.807) is 0 Å². The minimum atomic E-state index is 0.0364. The third kappa shape index (κ3) is 4.33. The molecular weight excluding hydrogens is 238 g/mol. The van der Waals surface area contributed by atoms with Crippen molar-refractivity contribution >= 4 is 5.91 Å². The van der Waals surface area contributed by atoms with Crippen LogP contribution in [0.1, 0.15) is 28.8 Å². The molecule has 0 saturated carbocycles. The Morgan fingerprint density at radius 3 is 3.00 bits per heavy atom. The van der Waals surface area contributed by atoms with Gasteiger partial charge in [-0.15, -0.1) is 0 Å². The van der Waals surface area contributed by atoms with Gasteiger partial charge in [0.05, 0.1) is 0 Å². The average Bonchev–Trinajstić information content (AvgIpc) is 2.39. The first-order chi connectivity index (χ1) is 9.15. The van der Waals surface area contributed by atoms with Crippen LogP contribution in [0.15, 0.2) is 24.3 Å². The quantitative estimate of drug-likeness (QED) is 0.857. The highest BCUT2D eigenvalue weighted by Crippen LogP contribution is 2.09. The van der Waals surface area contributed by atoms with Crippen LogP contribution in [0.4, 0.5) is 0 Å². The number of nitrogens with zero attached hydrogens (tertiary/aromatic N) is 1. The van der Waals surface area contributed by atoms with Gasteiger partial charge in [-0.05, 0) is 51.2 Å². The maximum absolute atomic E-state index is 12.2. The Kier molecular flexibility index (Phi) is 4.93. The molecule has 104 valence electrons. The van der Waals surface area contributed by atoms with Crippen molar-refractivity contribution in [1.29, 1.82) is 0 Å². The zero-order valence-electron chi connectivity index (χ0n) is 11.8. The van der Waals surface area contributed by atoms with Crippen molar-refractivity contribution in [2.45, 2.75) is 25.4 Å². The van der Waals surface area contributed by atoms with Gasteiger partial charge in [-0.25, -0.2) is 0 Å². The summed E-state index contributed by atoms with van der Waals surface area (Å²) in [6, 6.07) is 8.13. The summed E-state index contributed by atoms with van der Waals surface area (Å²) >= 11 is 0. The van der Waals surface area contributed by atoms with Gasteiger partial charge < -0.3 is 15.5 Å². The van der Waals surface area contributed by atoms with Crippen LogP contribution < -0.4 is 10.6 Å². The number of rotatable bonds is 4. The highest BCUT2D eigenvalue weighted by molar-refractivity contribution is 5.94. The van der Waals surface area contributed by atoms with Crippen molar-refractivity contribution < 1.29 is 4.79 Å². The third-order valence-corrected chi connectivity index (χ3v) is 3.32. The first-order valence-corrected chi connectivity index (χ1v) is 6.90. The molecule has 1 aromatic rings. The molecule has 1 aliphatic heterocycles. The zero-order chi connectivity index (χ0) is 13.7. The molecule has 2 rings (SSSR count). The van der Waals surface area contributed by atoms with Crippen molar-refractivity contribution in [3.05, 3.63) is 35.4 Å². The topological polar surface area (TPSA) is 44.4 Å². The van der Waals surface area contributed by atoms with Crippen molar-refractivity contribution in [3.8, 4) is 0 Å². The average molecular weight is 261 g/mol. The lowest BCUT2D eigenvalue weighted by Crippen LogP contribution is -2.45. The second kappa shape index (κ2) is 6.68. The number of piperidine rings is 1. The summed E-state index contributed by atoms with van der Waals surface area (Å²) in [5.41, 5.74) is 1.92. The van der Waals surface area contributed by atoms with Crippen LogP contribution in [0, 0.1) is 0 Å². The van der Waals surface area contributed by atoms with Crippen LogP contribution in [0.5, 0.6) is 0 Å². The summed E-state index contributed by atoms with van der Waals surface area (Å²) in [5, 5.41) is 6.41. The van der Waals surface area contributed by atoms with Gasteiger partial charge >= 0.3 is 0 Å². The minimum Gasteiger partial charge on any atom is -0.348 e. The van der Waals surface area contributed by atoms with E-state index in [0.29, 0.717) is 0 Å². The molecule has 1 aromatic carbocycles. The molecule has 1 fully saturated rings.